The Morgan fingerprint density at radius 2 is 1.73 bits per heavy atom. The van der Waals surface area contributed by atoms with Gasteiger partial charge in [-0.25, -0.2) is 0 Å². The van der Waals surface area contributed by atoms with Gasteiger partial charge >= 0.3 is 6.36 Å². The van der Waals surface area contributed by atoms with Gasteiger partial charge < -0.3 is 29.4 Å². The highest BCUT2D eigenvalue weighted by atomic mass is 19.4. The Morgan fingerprint density at radius 3 is 2.42 bits per heavy atom. The van der Waals surface area contributed by atoms with Crippen molar-refractivity contribution in [3.8, 4) is 29.1 Å². The molecule has 4 N–H and O–H groups in total. The first kappa shape index (κ1) is 28.8. The first-order chi connectivity index (χ1) is 19.0. The van der Waals surface area contributed by atoms with Gasteiger partial charge in [-0.15, -0.1) is 13.2 Å². The third kappa shape index (κ3) is 6.87. The van der Waals surface area contributed by atoms with Crippen molar-refractivity contribution in [1.82, 2.24) is 10.3 Å². The number of aromatic amines is 1. The van der Waals surface area contributed by atoms with E-state index in [-0.39, 0.29) is 12.0 Å². The van der Waals surface area contributed by atoms with E-state index in [1.54, 1.807) is 31.3 Å². The van der Waals surface area contributed by atoms with E-state index in [9.17, 15) is 23.4 Å². The van der Waals surface area contributed by atoms with Gasteiger partial charge in [0.25, 0.3) is 0 Å². The first-order valence-corrected chi connectivity index (χ1v) is 12.3. The molecule has 1 aromatic heterocycles. The van der Waals surface area contributed by atoms with Crippen LogP contribution in [0.2, 0.25) is 0 Å². The highest BCUT2D eigenvalue weighted by Crippen LogP contribution is 2.32. The molecule has 0 radical (unpaired) electrons. The number of fused-ring (bicyclic) bond motifs is 1. The number of alkyl halides is 3. The minimum atomic E-state index is -4.99. The Hall–Kier alpha value is -4.17. The van der Waals surface area contributed by atoms with Crippen molar-refractivity contribution in [2.24, 2.45) is 0 Å². The second kappa shape index (κ2) is 11.9. The van der Waals surface area contributed by atoms with Crippen molar-refractivity contribution in [2.45, 2.75) is 31.5 Å². The van der Waals surface area contributed by atoms with Gasteiger partial charge in [-0.2, -0.15) is 0 Å². The van der Waals surface area contributed by atoms with Gasteiger partial charge in [0.1, 0.15) is 23.5 Å². The average Bonchev–Trinajstić information content (AvgIpc) is 3.33. The van der Waals surface area contributed by atoms with Gasteiger partial charge in [-0.05, 0) is 61.4 Å². The SMILES string of the molecule is COc1ccc(OC)c(C#Cc2ccc(OC(F)(F)F)c(C(O)N[C@@](C)(CO)Cc3c[nH]c4ccccc34)c2)c1. The molecule has 1 unspecified atom stereocenters. The lowest BCUT2D eigenvalue weighted by Crippen LogP contribution is -2.49. The number of benzene rings is 3. The van der Waals surface area contributed by atoms with Crippen molar-refractivity contribution in [1.29, 1.82) is 0 Å². The van der Waals surface area contributed by atoms with Crippen LogP contribution in [0.1, 0.15) is 35.4 Å². The van der Waals surface area contributed by atoms with Gasteiger partial charge in [-0.1, -0.05) is 30.0 Å². The number of hydrogen-bond donors (Lipinski definition) is 4. The van der Waals surface area contributed by atoms with Gasteiger partial charge in [0.15, 0.2) is 0 Å². The van der Waals surface area contributed by atoms with E-state index in [0.29, 0.717) is 22.6 Å². The molecule has 210 valence electrons. The molecule has 0 bridgehead atoms. The fourth-order valence-corrected chi connectivity index (χ4v) is 4.37. The highest BCUT2D eigenvalue weighted by Gasteiger charge is 2.34. The van der Waals surface area contributed by atoms with Gasteiger partial charge in [0.05, 0.1) is 26.4 Å². The van der Waals surface area contributed by atoms with E-state index in [1.807, 2.05) is 24.3 Å². The standard InChI is InChI=1S/C30H29F3N2O5/c1-29(18-36,16-21-17-34-25-7-5-4-6-23(21)25)35-28(37)24-14-19(9-12-27(24)40-30(31,32)33)8-10-20-15-22(38-2)11-13-26(20)39-3/h4-7,9,11-15,17,28,34-37H,16,18H2,1-3H3/t28?,29-/m1/s1. The number of H-pyrrole nitrogens is 1. The van der Waals surface area contributed by atoms with E-state index >= 15 is 0 Å². The summed E-state index contributed by atoms with van der Waals surface area (Å²) in [6.45, 7) is 1.26. The summed E-state index contributed by atoms with van der Waals surface area (Å²) in [6.07, 6.45) is -4.55. The largest absolute Gasteiger partial charge is 0.573 e. The summed E-state index contributed by atoms with van der Waals surface area (Å²) in [6, 6.07) is 16.4. The Kier molecular flexibility index (Phi) is 8.59. The molecule has 0 fully saturated rings. The molecule has 2 atom stereocenters. The fourth-order valence-electron chi connectivity index (χ4n) is 4.37. The molecule has 0 saturated heterocycles. The molecule has 40 heavy (non-hydrogen) atoms. The monoisotopic (exact) mass is 554 g/mol. The Labute approximate surface area is 229 Å². The lowest BCUT2D eigenvalue weighted by atomic mass is 9.92. The third-order valence-corrected chi connectivity index (χ3v) is 6.37. The molecule has 7 nitrogen and oxygen atoms in total. The second-order valence-corrected chi connectivity index (χ2v) is 9.42. The summed E-state index contributed by atoms with van der Waals surface area (Å²) in [4.78, 5) is 3.16. The van der Waals surface area contributed by atoms with E-state index in [4.69, 9.17) is 9.47 Å². The van der Waals surface area contributed by atoms with Crippen molar-refractivity contribution >= 4 is 10.9 Å². The van der Waals surface area contributed by atoms with Crippen LogP contribution in [0.5, 0.6) is 17.2 Å². The van der Waals surface area contributed by atoms with Crippen LogP contribution < -0.4 is 19.5 Å². The van der Waals surface area contributed by atoms with Crippen molar-refractivity contribution in [3.05, 3.63) is 89.1 Å². The molecule has 3 aromatic carbocycles. The summed E-state index contributed by atoms with van der Waals surface area (Å²) in [5, 5.41) is 25.1. The first-order valence-electron chi connectivity index (χ1n) is 12.3. The van der Waals surface area contributed by atoms with E-state index in [2.05, 4.69) is 26.9 Å². The van der Waals surface area contributed by atoms with Gasteiger partial charge in [0, 0.05) is 33.8 Å². The number of para-hydroxylation sites is 1. The zero-order valence-electron chi connectivity index (χ0n) is 22.1. The van der Waals surface area contributed by atoms with Crippen LogP contribution >= 0.6 is 0 Å². The minimum absolute atomic E-state index is 0.194. The molecule has 0 saturated carbocycles. The van der Waals surface area contributed by atoms with Crippen molar-refractivity contribution < 1.29 is 37.6 Å². The van der Waals surface area contributed by atoms with E-state index in [0.717, 1.165) is 22.5 Å². The van der Waals surface area contributed by atoms with Crippen LogP contribution in [0.3, 0.4) is 0 Å². The molecule has 4 rings (SSSR count). The van der Waals surface area contributed by atoms with Crippen LogP contribution in [0.4, 0.5) is 13.2 Å². The molecular formula is C30H29F3N2O5. The number of rotatable bonds is 9. The maximum atomic E-state index is 13.2. The molecule has 4 aromatic rings. The molecule has 0 aliphatic carbocycles. The fraction of sp³-hybridized carbons (Fsp3) is 0.267. The summed E-state index contributed by atoms with van der Waals surface area (Å²) in [5.74, 6) is 6.27. The number of aliphatic hydroxyl groups is 2. The maximum Gasteiger partial charge on any atom is 0.573 e. The van der Waals surface area contributed by atoms with Crippen LogP contribution in [-0.2, 0) is 6.42 Å². The van der Waals surface area contributed by atoms with Crippen LogP contribution in [0, 0.1) is 11.8 Å². The lowest BCUT2D eigenvalue weighted by Gasteiger charge is -2.32. The zero-order valence-corrected chi connectivity index (χ0v) is 22.1. The Bertz CT molecular complexity index is 1540. The Morgan fingerprint density at radius 1 is 0.975 bits per heavy atom. The zero-order chi connectivity index (χ0) is 28.9. The number of ether oxygens (including phenoxy) is 3. The Balaban J connectivity index is 1.66. The summed E-state index contributed by atoms with van der Waals surface area (Å²) in [7, 11) is 3.00. The molecule has 0 spiro atoms. The van der Waals surface area contributed by atoms with Crippen LogP contribution in [-0.4, -0.2) is 47.9 Å². The summed E-state index contributed by atoms with van der Waals surface area (Å²) < 4.78 is 54.3. The normalized spacial score (nSPS) is 13.7. The second-order valence-electron chi connectivity index (χ2n) is 9.42. The number of halogens is 3. The highest BCUT2D eigenvalue weighted by molar-refractivity contribution is 5.83. The quantitative estimate of drug-likeness (QED) is 0.171. The summed E-state index contributed by atoms with van der Waals surface area (Å²) >= 11 is 0. The van der Waals surface area contributed by atoms with Gasteiger partial charge in [-0.3, -0.25) is 5.32 Å². The molecular weight excluding hydrogens is 525 g/mol. The smallest absolute Gasteiger partial charge is 0.497 e. The van der Waals surface area contributed by atoms with Gasteiger partial charge in [0.2, 0.25) is 0 Å². The van der Waals surface area contributed by atoms with Crippen molar-refractivity contribution in [3.63, 3.8) is 0 Å². The van der Waals surface area contributed by atoms with Crippen LogP contribution in [0.15, 0.2) is 66.9 Å². The lowest BCUT2D eigenvalue weighted by molar-refractivity contribution is -0.275. The van der Waals surface area contributed by atoms with E-state index in [1.165, 1.54) is 26.4 Å². The molecule has 1 heterocycles. The maximum absolute atomic E-state index is 13.2. The predicted molar refractivity (Wildman–Crippen MR) is 144 cm³/mol. The number of aromatic nitrogens is 1. The van der Waals surface area contributed by atoms with E-state index < -0.39 is 30.5 Å². The topological polar surface area (TPSA) is 96.0 Å². The summed E-state index contributed by atoms with van der Waals surface area (Å²) in [5.41, 5.74) is 1.29. The molecule has 0 amide bonds. The average molecular weight is 555 g/mol. The van der Waals surface area contributed by atoms with Crippen molar-refractivity contribution in [2.75, 3.05) is 20.8 Å². The predicted octanol–water partition coefficient (Wildman–Crippen LogP) is 5.06. The number of aliphatic hydroxyl groups excluding tert-OH is 2. The number of nitrogens with one attached hydrogen (secondary N) is 2. The minimum Gasteiger partial charge on any atom is -0.497 e. The molecule has 10 heteroatoms. The molecule has 0 aliphatic rings. The third-order valence-electron chi connectivity index (χ3n) is 6.37. The van der Waals surface area contributed by atoms with Crippen LogP contribution in [0.25, 0.3) is 10.9 Å². The molecule has 0 aliphatic heterocycles. The number of hydrogen-bond acceptors (Lipinski definition) is 6. The number of methoxy groups -OCH3 is 2.